The largest absolute Gasteiger partial charge is 0.497 e. The third-order valence-electron chi connectivity index (χ3n) is 6.70. The third-order valence-corrected chi connectivity index (χ3v) is 6.70. The minimum Gasteiger partial charge on any atom is -0.497 e. The van der Waals surface area contributed by atoms with Crippen LogP contribution < -0.4 is 15.4 Å². The Hall–Kier alpha value is -4.13. The quantitative estimate of drug-likeness (QED) is 0.296. The summed E-state index contributed by atoms with van der Waals surface area (Å²) in [6.45, 7) is 0. The summed E-state index contributed by atoms with van der Waals surface area (Å²) in [4.78, 5) is 33.4. The number of aromatic nitrogens is 2. The third kappa shape index (κ3) is 5.40. The van der Waals surface area contributed by atoms with Crippen LogP contribution in [0.5, 0.6) is 5.75 Å². The smallest absolute Gasteiger partial charge is 0.255 e. The maximum Gasteiger partial charge on any atom is 0.255 e. The Morgan fingerprint density at radius 2 is 1.56 bits per heavy atom. The highest BCUT2D eigenvalue weighted by Gasteiger charge is 2.16. The molecule has 0 saturated heterocycles. The molecule has 7 nitrogen and oxygen atoms in total. The van der Waals surface area contributed by atoms with Gasteiger partial charge in [0.1, 0.15) is 11.6 Å². The van der Waals surface area contributed by atoms with Crippen LogP contribution in [0.4, 0.5) is 5.69 Å². The van der Waals surface area contributed by atoms with Gasteiger partial charge in [0.25, 0.3) is 11.8 Å². The van der Waals surface area contributed by atoms with Crippen molar-refractivity contribution < 1.29 is 14.3 Å². The molecule has 7 heteroatoms. The Kier molecular flexibility index (Phi) is 6.98. The van der Waals surface area contributed by atoms with Crippen LogP contribution in [0.2, 0.25) is 0 Å². The van der Waals surface area contributed by atoms with Crippen molar-refractivity contribution in [2.45, 2.75) is 44.6 Å². The molecule has 1 aliphatic carbocycles. The first kappa shape index (κ1) is 23.6. The normalized spacial score (nSPS) is 14.2. The number of carbonyl (C=O) groups excluding carboxylic acids is 2. The van der Waals surface area contributed by atoms with Gasteiger partial charge in [-0.15, -0.1) is 0 Å². The maximum absolute atomic E-state index is 12.7. The Bertz CT molecular complexity index is 1350. The van der Waals surface area contributed by atoms with Crippen molar-refractivity contribution in [3.05, 3.63) is 77.9 Å². The molecule has 1 aromatic heterocycles. The molecule has 0 aliphatic heterocycles. The van der Waals surface area contributed by atoms with Crippen molar-refractivity contribution in [3.63, 3.8) is 0 Å². The van der Waals surface area contributed by atoms with Crippen molar-refractivity contribution in [1.82, 2.24) is 15.3 Å². The second kappa shape index (κ2) is 10.6. The Morgan fingerprint density at radius 1 is 0.861 bits per heavy atom. The van der Waals surface area contributed by atoms with Gasteiger partial charge in [-0.25, -0.2) is 4.98 Å². The summed E-state index contributed by atoms with van der Waals surface area (Å²) in [5.41, 5.74) is 4.27. The van der Waals surface area contributed by atoms with Gasteiger partial charge in [-0.05, 0) is 67.4 Å². The molecule has 3 N–H and O–H groups in total. The number of ether oxygens (including phenoxy) is 1. The van der Waals surface area contributed by atoms with Crippen LogP contribution in [-0.4, -0.2) is 34.9 Å². The van der Waals surface area contributed by atoms with Crippen molar-refractivity contribution in [3.8, 4) is 17.1 Å². The van der Waals surface area contributed by atoms with Gasteiger partial charge in [-0.3, -0.25) is 9.59 Å². The first-order valence-electron chi connectivity index (χ1n) is 12.5. The lowest BCUT2D eigenvalue weighted by molar-refractivity contribution is 0.0932. The molecule has 2 amide bonds. The first-order chi connectivity index (χ1) is 17.6. The predicted octanol–water partition coefficient (Wildman–Crippen LogP) is 5.94. The Morgan fingerprint density at radius 3 is 2.25 bits per heavy atom. The van der Waals surface area contributed by atoms with E-state index in [1.807, 2.05) is 30.3 Å². The van der Waals surface area contributed by atoms with Crippen molar-refractivity contribution >= 4 is 28.5 Å². The van der Waals surface area contributed by atoms with E-state index in [1.165, 1.54) is 25.7 Å². The number of hydrogen-bond donors (Lipinski definition) is 3. The van der Waals surface area contributed by atoms with E-state index in [9.17, 15) is 9.59 Å². The molecule has 0 atom stereocenters. The van der Waals surface area contributed by atoms with Crippen LogP contribution in [0.3, 0.4) is 0 Å². The number of nitrogens with one attached hydrogen (secondary N) is 3. The zero-order valence-corrected chi connectivity index (χ0v) is 20.3. The van der Waals surface area contributed by atoms with E-state index in [0.717, 1.165) is 35.2 Å². The maximum atomic E-state index is 12.7. The number of benzene rings is 3. The molecule has 4 aromatic rings. The van der Waals surface area contributed by atoms with Gasteiger partial charge in [-0.1, -0.05) is 37.8 Å². The molecule has 0 bridgehead atoms. The number of methoxy groups -OCH3 is 1. The monoisotopic (exact) mass is 482 g/mol. The van der Waals surface area contributed by atoms with E-state index in [4.69, 9.17) is 4.74 Å². The van der Waals surface area contributed by atoms with Gasteiger partial charge < -0.3 is 20.4 Å². The van der Waals surface area contributed by atoms with Gasteiger partial charge >= 0.3 is 0 Å². The van der Waals surface area contributed by atoms with Crippen molar-refractivity contribution in [1.29, 1.82) is 0 Å². The highest BCUT2D eigenvalue weighted by Crippen LogP contribution is 2.23. The number of amides is 2. The van der Waals surface area contributed by atoms with E-state index >= 15 is 0 Å². The zero-order chi connectivity index (χ0) is 24.9. The van der Waals surface area contributed by atoms with E-state index in [-0.39, 0.29) is 17.9 Å². The lowest BCUT2D eigenvalue weighted by Gasteiger charge is -2.16. The van der Waals surface area contributed by atoms with Crippen LogP contribution >= 0.6 is 0 Å². The zero-order valence-electron chi connectivity index (χ0n) is 20.3. The fraction of sp³-hybridized carbons (Fsp3) is 0.276. The molecule has 184 valence electrons. The highest BCUT2D eigenvalue weighted by molar-refractivity contribution is 6.06. The Labute approximate surface area is 210 Å². The number of imidazole rings is 1. The van der Waals surface area contributed by atoms with E-state index in [1.54, 1.807) is 43.5 Å². The van der Waals surface area contributed by atoms with Crippen LogP contribution in [0.1, 0.15) is 59.2 Å². The topological polar surface area (TPSA) is 96.1 Å². The first-order valence-corrected chi connectivity index (χ1v) is 12.5. The number of aromatic amines is 1. The second-order valence-electron chi connectivity index (χ2n) is 9.24. The minimum absolute atomic E-state index is 0.0226. The summed E-state index contributed by atoms with van der Waals surface area (Å²) in [5, 5.41) is 6.08. The van der Waals surface area contributed by atoms with Gasteiger partial charge in [0.15, 0.2) is 0 Å². The van der Waals surface area contributed by atoms with Crippen molar-refractivity contribution in [2.24, 2.45) is 0 Å². The standard InChI is InChI=1S/C29H30N4O3/c1-36-24-15-13-23(14-16-24)31-29(35)21-12-17-25-26(18-21)33-27(32-25)19-8-10-20(11-9-19)28(34)30-22-6-4-2-3-5-7-22/h8-18,22H,2-7H2,1H3,(H,30,34)(H,31,35)(H,32,33). The Balaban J connectivity index is 1.27. The molecule has 0 spiro atoms. The number of nitrogens with zero attached hydrogens (tertiary/aromatic N) is 1. The van der Waals surface area contributed by atoms with Gasteiger partial charge in [0.05, 0.1) is 18.1 Å². The molecule has 5 rings (SSSR count). The summed E-state index contributed by atoms with van der Waals surface area (Å²) >= 11 is 0. The molecular weight excluding hydrogens is 452 g/mol. The average molecular weight is 483 g/mol. The number of anilines is 1. The summed E-state index contributed by atoms with van der Waals surface area (Å²) in [6, 6.07) is 20.3. The fourth-order valence-electron chi connectivity index (χ4n) is 4.64. The number of hydrogen-bond acceptors (Lipinski definition) is 4. The molecule has 1 aliphatic rings. The van der Waals surface area contributed by atoms with E-state index < -0.39 is 0 Å². The van der Waals surface area contributed by atoms with Crippen LogP contribution in [0.15, 0.2) is 66.7 Å². The number of carbonyl (C=O) groups is 2. The van der Waals surface area contributed by atoms with Gasteiger partial charge in [-0.2, -0.15) is 0 Å². The SMILES string of the molecule is COc1ccc(NC(=O)c2ccc3nc(-c4ccc(C(=O)NC5CCCCCC5)cc4)[nH]c3c2)cc1. The molecule has 1 heterocycles. The second-order valence-corrected chi connectivity index (χ2v) is 9.24. The summed E-state index contributed by atoms with van der Waals surface area (Å²) < 4.78 is 5.16. The lowest BCUT2D eigenvalue weighted by Crippen LogP contribution is -2.34. The summed E-state index contributed by atoms with van der Waals surface area (Å²) in [5.74, 6) is 1.19. The fourth-order valence-corrected chi connectivity index (χ4v) is 4.64. The molecular formula is C29H30N4O3. The minimum atomic E-state index is -0.206. The van der Waals surface area contributed by atoms with E-state index in [0.29, 0.717) is 22.6 Å². The molecule has 3 aromatic carbocycles. The highest BCUT2D eigenvalue weighted by atomic mass is 16.5. The summed E-state index contributed by atoms with van der Waals surface area (Å²) in [7, 11) is 1.60. The molecule has 0 radical (unpaired) electrons. The average Bonchev–Trinajstić information content (AvgIpc) is 3.17. The predicted molar refractivity (Wildman–Crippen MR) is 141 cm³/mol. The van der Waals surface area contributed by atoms with Crippen LogP contribution in [0.25, 0.3) is 22.4 Å². The number of rotatable bonds is 6. The van der Waals surface area contributed by atoms with E-state index in [2.05, 4.69) is 20.6 Å². The molecule has 36 heavy (non-hydrogen) atoms. The van der Waals surface area contributed by atoms with Gasteiger partial charge in [0, 0.05) is 28.4 Å². The van der Waals surface area contributed by atoms with Gasteiger partial charge in [0.2, 0.25) is 0 Å². The summed E-state index contributed by atoms with van der Waals surface area (Å²) in [6.07, 6.45) is 6.99. The van der Waals surface area contributed by atoms with Crippen LogP contribution in [0, 0.1) is 0 Å². The molecule has 1 saturated carbocycles. The number of H-pyrrole nitrogens is 1. The molecule has 0 unspecified atom stereocenters. The lowest BCUT2D eigenvalue weighted by atomic mass is 10.1. The van der Waals surface area contributed by atoms with Crippen LogP contribution in [-0.2, 0) is 0 Å². The number of fused-ring (bicyclic) bond motifs is 1. The van der Waals surface area contributed by atoms with Crippen molar-refractivity contribution in [2.75, 3.05) is 12.4 Å². The molecule has 1 fully saturated rings.